The van der Waals surface area contributed by atoms with E-state index in [9.17, 15) is 19.9 Å². The van der Waals surface area contributed by atoms with Gasteiger partial charge in [-0.2, -0.15) is 0 Å². The molecular formula is C14H17BN4Na2O6. The van der Waals surface area contributed by atoms with Crippen molar-refractivity contribution in [1.82, 2.24) is 15.0 Å². The maximum absolute atomic E-state index is 11.5. The molecule has 1 aromatic heterocycles. The van der Waals surface area contributed by atoms with Crippen molar-refractivity contribution in [2.45, 2.75) is 25.9 Å². The number of rotatable bonds is 6. The van der Waals surface area contributed by atoms with Crippen LogP contribution in [0.1, 0.15) is 21.6 Å². The van der Waals surface area contributed by atoms with Crippen molar-refractivity contribution < 1.29 is 88.5 Å². The second-order valence-electron chi connectivity index (χ2n) is 5.78. The normalized spacial score (nSPS) is 14.2. The number of ether oxygens (including phenoxy) is 1. The van der Waals surface area contributed by atoms with E-state index in [0.29, 0.717) is 24.3 Å². The van der Waals surface area contributed by atoms with Crippen molar-refractivity contribution >= 4 is 12.7 Å². The molecule has 10 nitrogen and oxygen atoms in total. The van der Waals surface area contributed by atoms with Crippen molar-refractivity contribution in [3.8, 4) is 11.5 Å². The Morgan fingerprint density at radius 1 is 1.41 bits per heavy atom. The summed E-state index contributed by atoms with van der Waals surface area (Å²) in [6.45, 7) is -2.22. The van der Waals surface area contributed by atoms with E-state index in [-0.39, 0.29) is 95.5 Å². The van der Waals surface area contributed by atoms with Crippen LogP contribution in [-0.4, -0.2) is 44.3 Å². The maximum Gasteiger partial charge on any atom is 1.00 e. The van der Waals surface area contributed by atoms with Crippen LogP contribution in [0.4, 0.5) is 0 Å². The summed E-state index contributed by atoms with van der Waals surface area (Å²) in [6.07, 6.45) is 1.90. The molecule has 0 fully saturated rings. The van der Waals surface area contributed by atoms with E-state index in [1.165, 1.54) is 6.07 Å². The second kappa shape index (κ2) is 10.2. The zero-order valence-electron chi connectivity index (χ0n) is 15.3. The molecule has 0 amide bonds. The third-order valence-electron chi connectivity index (χ3n) is 3.82. The van der Waals surface area contributed by atoms with Crippen LogP contribution in [0.2, 0.25) is 6.32 Å². The summed E-state index contributed by atoms with van der Waals surface area (Å²) in [5.41, 5.74) is 6.10. The molecule has 2 heterocycles. The fourth-order valence-electron chi connectivity index (χ4n) is 2.64. The number of carboxylic acid groups (broad SMARTS) is 1. The molecule has 1 aliphatic heterocycles. The van der Waals surface area contributed by atoms with Crippen molar-refractivity contribution in [1.29, 1.82) is 0 Å². The van der Waals surface area contributed by atoms with Gasteiger partial charge in [-0.25, -0.2) is 0 Å². The molecule has 1 aromatic carbocycles. The van der Waals surface area contributed by atoms with Gasteiger partial charge in [-0.1, -0.05) is 17.6 Å². The van der Waals surface area contributed by atoms with Gasteiger partial charge in [-0.05, 0) is 18.1 Å². The van der Waals surface area contributed by atoms with Crippen LogP contribution in [-0.2, 0) is 19.6 Å². The maximum atomic E-state index is 11.5. The fraction of sp³-hybridized carbons (Fsp3) is 0.357. The standard InChI is InChI=1S/C14H18BN4O6.2Na/c16-5-6-19-7-10(17-18-19)8-24-11-2-1-9-3-4-15(22,23)25-13(9)12(11)14(20)21;;/h1-2,7,22-23H,3-6,8,16H2,(H,20,21);;/q-1;2*+1/p-1. The van der Waals surface area contributed by atoms with Crippen molar-refractivity contribution in [3.05, 3.63) is 35.2 Å². The molecule has 0 atom stereocenters. The number of benzene rings is 1. The first kappa shape index (κ1) is 24.4. The van der Waals surface area contributed by atoms with Gasteiger partial charge in [0.15, 0.2) is 0 Å². The molecule has 0 aliphatic carbocycles. The second-order valence-corrected chi connectivity index (χ2v) is 5.78. The molecule has 27 heavy (non-hydrogen) atoms. The van der Waals surface area contributed by atoms with Crippen molar-refractivity contribution in [2.75, 3.05) is 6.54 Å². The van der Waals surface area contributed by atoms with E-state index in [0.717, 1.165) is 0 Å². The average molecular weight is 394 g/mol. The number of carboxylic acids is 1. The first-order valence-corrected chi connectivity index (χ1v) is 7.78. The van der Waals surface area contributed by atoms with Crippen LogP contribution in [0.5, 0.6) is 11.5 Å². The number of aromatic carboxylic acids is 1. The van der Waals surface area contributed by atoms with Crippen LogP contribution in [0.25, 0.3) is 0 Å². The minimum Gasteiger partial charge on any atom is -0.669 e. The zero-order valence-corrected chi connectivity index (χ0v) is 19.3. The summed E-state index contributed by atoms with van der Waals surface area (Å²) in [4.78, 5) is 11.5. The molecular weight excluding hydrogens is 377 g/mol. The molecule has 2 aromatic rings. The molecule has 4 N–H and O–H groups in total. The predicted octanol–water partition coefficient (Wildman–Crippen LogP) is -7.95. The predicted molar refractivity (Wildman–Crippen MR) is 83.5 cm³/mol. The van der Waals surface area contributed by atoms with Crippen LogP contribution in [0.15, 0.2) is 18.3 Å². The Morgan fingerprint density at radius 3 is 2.81 bits per heavy atom. The smallest absolute Gasteiger partial charge is 0.669 e. The number of aromatic nitrogens is 3. The van der Waals surface area contributed by atoms with Gasteiger partial charge in [0.25, 0.3) is 0 Å². The van der Waals surface area contributed by atoms with E-state index < -0.39 is 12.7 Å². The molecule has 0 radical (unpaired) electrons. The number of nitrogens with zero attached hydrogens (tertiary/aromatic N) is 3. The number of fused-ring (bicyclic) bond motifs is 1. The van der Waals surface area contributed by atoms with Crippen LogP contribution < -0.4 is 79.3 Å². The number of carbonyl (C=O) groups excluding carboxylic acids is 1. The summed E-state index contributed by atoms with van der Waals surface area (Å²) < 4.78 is 12.1. The number of hydrogen-bond acceptors (Lipinski definition) is 9. The third-order valence-corrected chi connectivity index (χ3v) is 3.82. The Balaban J connectivity index is 0.00000182. The summed E-state index contributed by atoms with van der Waals surface area (Å²) in [5.74, 6) is -1.69. The van der Waals surface area contributed by atoms with Crippen LogP contribution >= 0.6 is 0 Å². The molecule has 0 bridgehead atoms. The topological polar surface area (TPSA) is 156 Å². The minimum absolute atomic E-state index is 0. The van der Waals surface area contributed by atoms with Gasteiger partial charge in [0.1, 0.15) is 18.1 Å². The minimum atomic E-state index is -3.10. The Kier molecular flexibility index (Phi) is 9.26. The Bertz CT molecular complexity index is 804. The molecule has 3 rings (SSSR count). The summed E-state index contributed by atoms with van der Waals surface area (Å²) >= 11 is 0. The SMILES string of the molecule is NCCn1cc(COc2ccc3c(c2C(=O)[O-])O[B-](O)(O)CC3)nn1.[Na+].[Na+]. The summed E-state index contributed by atoms with van der Waals surface area (Å²) in [7, 11) is 0. The van der Waals surface area contributed by atoms with Gasteiger partial charge in [-0.3, -0.25) is 4.68 Å². The number of nitrogens with two attached hydrogens (primary N) is 1. The molecule has 0 saturated heterocycles. The monoisotopic (exact) mass is 394 g/mol. The average Bonchev–Trinajstić information content (AvgIpc) is 2.99. The van der Waals surface area contributed by atoms with Gasteiger partial charge < -0.3 is 35.1 Å². The Morgan fingerprint density at radius 2 is 2.15 bits per heavy atom. The largest absolute Gasteiger partial charge is 1.00 e. The summed E-state index contributed by atoms with van der Waals surface area (Å²) in [5, 5.41) is 38.7. The van der Waals surface area contributed by atoms with Crippen LogP contribution in [0, 0.1) is 0 Å². The van der Waals surface area contributed by atoms with E-state index in [1.807, 2.05) is 0 Å². The van der Waals surface area contributed by atoms with Crippen LogP contribution in [0.3, 0.4) is 0 Å². The van der Waals surface area contributed by atoms with Gasteiger partial charge >= 0.3 is 65.9 Å². The molecule has 0 unspecified atom stereocenters. The number of hydrogen-bond donors (Lipinski definition) is 3. The van der Waals surface area contributed by atoms with Gasteiger partial charge in [0, 0.05) is 6.54 Å². The number of carbonyl (C=O) groups is 1. The van der Waals surface area contributed by atoms with Gasteiger partial charge in [-0.15, -0.1) is 5.10 Å². The summed E-state index contributed by atoms with van der Waals surface area (Å²) in [6, 6.07) is 3.10. The van der Waals surface area contributed by atoms with Crippen molar-refractivity contribution in [3.63, 3.8) is 0 Å². The Labute approximate surface area is 199 Å². The molecule has 0 saturated carbocycles. The van der Waals surface area contributed by atoms with Crippen molar-refractivity contribution in [2.24, 2.45) is 5.73 Å². The molecule has 1 aliphatic rings. The zero-order chi connectivity index (χ0) is 18.0. The number of aryl methyl sites for hydroxylation is 1. The van der Waals surface area contributed by atoms with Gasteiger partial charge in [0.2, 0.25) is 0 Å². The fourth-order valence-corrected chi connectivity index (χ4v) is 2.64. The molecule has 13 heteroatoms. The molecule has 134 valence electrons. The van der Waals surface area contributed by atoms with E-state index >= 15 is 0 Å². The Hall–Kier alpha value is -0.625. The van der Waals surface area contributed by atoms with E-state index in [1.54, 1.807) is 16.9 Å². The van der Waals surface area contributed by atoms with Gasteiger partial charge in [0.05, 0.1) is 30.0 Å². The molecule has 0 spiro atoms. The first-order valence-electron chi connectivity index (χ1n) is 7.78. The third kappa shape index (κ3) is 5.92. The van der Waals surface area contributed by atoms with E-state index in [2.05, 4.69) is 10.3 Å². The quantitative estimate of drug-likeness (QED) is 0.405. The van der Waals surface area contributed by atoms with E-state index in [4.69, 9.17) is 15.1 Å². The first-order chi connectivity index (χ1) is 11.9.